The fourth-order valence-corrected chi connectivity index (χ4v) is 14.1. The van der Waals surface area contributed by atoms with E-state index in [9.17, 15) is 0 Å². The number of anilines is 2. The van der Waals surface area contributed by atoms with E-state index in [2.05, 4.69) is 194 Å². The summed E-state index contributed by atoms with van der Waals surface area (Å²) in [5, 5.41) is 0. The van der Waals surface area contributed by atoms with Crippen LogP contribution in [0.2, 0.25) is 0 Å². The van der Waals surface area contributed by atoms with Gasteiger partial charge in [0.05, 0.1) is 6.04 Å². The highest BCUT2D eigenvalue weighted by Gasteiger charge is 2.52. The van der Waals surface area contributed by atoms with Crippen LogP contribution in [0, 0.1) is 17.8 Å². The van der Waals surface area contributed by atoms with Gasteiger partial charge in [-0.3, -0.25) is 0 Å². The minimum absolute atomic E-state index is 0.00998. The van der Waals surface area contributed by atoms with Crippen molar-refractivity contribution in [2.45, 2.75) is 100 Å². The number of hydrogen-bond acceptors (Lipinski definition) is 2. The Balaban J connectivity index is 0.804. The molecular weight excluding hydrogens is 761 g/mol. The maximum atomic E-state index is 2.72. The number of rotatable bonds is 4. The van der Waals surface area contributed by atoms with Crippen molar-refractivity contribution < 1.29 is 0 Å². The van der Waals surface area contributed by atoms with Gasteiger partial charge in [-0.15, -0.1) is 0 Å². The molecule has 6 unspecified atom stereocenters. The summed E-state index contributed by atoms with van der Waals surface area (Å²) in [7, 11) is 0. The van der Waals surface area contributed by atoms with E-state index >= 15 is 0 Å². The first-order chi connectivity index (χ1) is 30.9. The first kappa shape index (κ1) is 37.7. The van der Waals surface area contributed by atoms with Gasteiger partial charge in [0, 0.05) is 58.1 Å². The molecule has 2 aliphatic heterocycles. The summed E-state index contributed by atoms with van der Waals surface area (Å²) in [5.74, 6) is 2.22. The molecular formula is C61H58N2. The molecule has 0 aromatic heterocycles. The van der Waals surface area contributed by atoms with Gasteiger partial charge in [-0.05, 0) is 124 Å². The highest BCUT2D eigenvalue weighted by molar-refractivity contribution is 5.74. The average Bonchev–Trinajstić information content (AvgIpc) is 3.71. The first-order valence-corrected chi connectivity index (χ1v) is 24.2. The van der Waals surface area contributed by atoms with Crippen molar-refractivity contribution in [1.29, 1.82) is 0 Å². The number of fused-ring (bicyclic) bond motifs is 11. The second-order valence-corrected chi connectivity index (χ2v) is 20.7. The smallest absolute Gasteiger partial charge is 0.0591 e. The lowest BCUT2D eigenvalue weighted by molar-refractivity contribution is 0.232. The van der Waals surface area contributed by atoms with Crippen LogP contribution in [-0.2, 0) is 23.7 Å². The molecule has 0 saturated heterocycles. The predicted octanol–water partition coefficient (Wildman–Crippen LogP) is 14.5. The molecule has 0 amide bonds. The van der Waals surface area contributed by atoms with Gasteiger partial charge in [0.25, 0.3) is 0 Å². The Bertz CT molecular complexity index is 2860. The van der Waals surface area contributed by atoms with Crippen LogP contribution < -0.4 is 9.80 Å². The fourth-order valence-electron chi connectivity index (χ4n) is 14.1. The lowest BCUT2D eigenvalue weighted by atomic mass is 9.63. The van der Waals surface area contributed by atoms with Gasteiger partial charge < -0.3 is 9.80 Å². The Morgan fingerprint density at radius 2 is 1.32 bits per heavy atom. The van der Waals surface area contributed by atoms with Gasteiger partial charge in [-0.2, -0.15) is 0 Å². The van der Waals surface area contributed by atoms with E-state index in [0.717, 1.165) is 25.7 Å². The Labute approximate surface area is 374 Å². The summed E-state index contributed by atoms with van der Waals surface area (Å²) in [6, 6.07) is 33.4. The zero-order valence-electron chi connectivity index (χ0n) is 36.9. The maximum absolute atomic E-state index is 2.72. The number of para-hydroxylation sites is 2. The zero-order chi connectivity index (χ0) is 41.9. The second-order valence-electron chi connectivity index (χ2n) is 20.7. The lowest BCUT2D eigenvalue weighted by Crippen LogP contribution is -2.44. The molecule has 2 heteroatoms. The van der Waals surface area contributed by atoms with Crippen molar-refractivity contribution >= 4 is 23.5 Å². The summed E-state index contributed by atoms with van der Waals surface area (Å²) in [5.41, 5.74) is 20.4. The van der Waals surface area contributed by atoms with E-state index in [-0.39, 0.29) is 10.8 Å². The highest BCUT2D eigenvalue weighted by Crippen LogP contribution is 2.61. The largest absolute Gasteiger partial charge is 0.334 e. The first-order valence-electron chi connectivity index (χ1n) is 24.2. The third kappa shape index (κ3) is 5.75. The number of hydrogen-bond donors (Lipinski definition) is 0. The van der Waals surface area contributed by atoms with Crippen LogP contribution in [0.15, 0.2) is 181 Å². The third-order valence-corrected chi connectivity index (χ3v) is 17.1. The average molecular weight is 819 g/mol. The molecule has 9 aliphatic rings. The SMILES string of the molecule is CC1(C)c2cc(/C=C/c3ccc4c(c3)C3(CCCCC3)C3C=C(N5C6=C(C=CCC6)Cc6ccccc65)C=CC43)ccc2C2C=CC(N3c4ccccc4CC4C=CC=CC43)=CC21. The van der Waals surface area contributed by atoms with E-state index < -0.39 is 0 Å². The van der Waals surface area contributed by atoms with Gasteiger partial charge in [0.15, 0.2) is 0 Å². The van der Waals surface area contributed by atoms with Crippen LogP contribution in [0.25, 0.3) is 12.2 Å². The van der Waals surface area contributed by atoms with Gasteiger partial charge in [-0.25, -0.2) is 0 Å². The van der Waals surface area contributed by atoms with E-state index in [0.29, 0.717) is 35.6 Å². The molecule has 1 saturated carbocycles. The molecule has 0 bridgehead atoms. The summed E-state index contributed by atoms with van der Waals surface area (Å²) < 4.78 is 0. The summed E-state index contributed by atoms with van der Waals surface area (Å²) in [6.07, 6.45) is 45.1. The summed E-state index contributed by atoms with van der Waals surface area (Å²) >= 11 is 0. The number of benzene rings is 4. The topological polar surface area (TPSA) is 6.48 Å². The van der Waals surface area contributed by atoms with Gasteiger partial charge in [0.1, 0.15) is 0 Å². The molecule has 2 nitrogen and oxygen atoms in total. The molecule has 0 radical (unpaired) electrons. The van der Waals surface area contributed by atoms with Gasteiger partial charge in [-0.1, -0.05) is 179 Å². The Hall–Kier alpha value is -5.86. The van der Waals surface area contributed by atoms with Crippen LogP contribution in [-0.4, -0.2) is 6.04 Å². The van der Waals surface area contributed by atoms with Gasteiger partial charge in [0.2, 0.25) is 0 Å². The quantitative estimate of drug-likeness (QED) is 0.189. The van der Waals surface area contributed by atoms with Crippen molar-refractivity contribution in [3.8, 4) is 0 Å². The minimum Gasteiger partial charge on any atom is -0.334 e. The molecule has 4 aromatic rings. The van der Waals surface area contributed by atoms with Crippen molar-refractivity contribution in [2.24, 2.45) is 17.8 Å². The molecule has 2 heterocycles. The Kier molecular flexibility index (Phi) is 8.57. The van der Waals surface area contributed by atoms with E-state index in [1.165, 1.54) is 99.5 Å². The highest BCUT2D eigenvalue weighted by atomic mass is 15.2. The maximum Gasteiger partial charge on any atom is 0.0591 e. The van der Waals surface area contributed by atoms with Crippen molar-refractivity contribution in [2.75, 3.05) is 9.80 Å². The Morgan fingerprint density at radius 3 is 2.14 bits per heavy atom. The second kappa shape index (κ2) is 14.3. The lowest BCUT2D eigenvalue weighted by Gasteiger charge is -2.44. The predicted molar refractivity (Wildman–Crippen MR) is 263 cm³/mol. The monoisotopic (exact) mass is 818 g/mol. The molecule has 312 valence electrons. The molecule has 6 atom stereocenters. The van der Waals surface area contributed by atoms with Crippen molar-refractivity contribution in [3.63, 3.8) is 0 Å². The van der Waals surface area contributed by atoms with Gasteiger partial charge >= 0.3 is 0 Å². The van der Waals surface area contributed by atoms with Crippen LogP contribution in [0.1, 0.15) is 115 Å². The molecule has 63 heavy (non-hydrogen) atoms. The van der Waals surface area contributed by atoms with Crippen LogP contribution >= 0.6 is 0 Å². The van der Waals surface area contributed by atoms with Crippen molar-refractivity contribution in [3.05, 3.63) is 225 Å². The van der Waals surface area contributed by atoms with E-state index in [4.69, 9.17) is 0 Å². The normalized spacial score (nSPS) is 28.5. The molecule has 13 rings (SSSR count). The molecule has 7 aliphatic carbocycles. The van der Waals surface area contributed by atoms with E-state index in [1.807, 2.05) is 0 Å². The summed E-state index contributed by atoms with van der Waals surface area (Å²) in [4.78, 5) is 5.28. The minimum atomic E-state index is 0.00998. The third-order valence-electron chi connectivity index (χ3n) is 17.1. The summed E-state index contributed by atoms with van der Waals surface area (Å²) in [6.45, 7) is 4.97. The Morgan fingerprint density at radius 1 is 0.635 bits per heavy atom. The zero-order valence-corrected chi connectivity index (χ0v) is 36.9. The van der Waals surface area contributed by atoms with Crippen LogP contribution in [0.5, 0.6) is 0 Å². The van der Waals surface area contributed by atoms with E-state index in [1.54, 1.807) is 11.1 Å². The molecule has 1 fully saturated rings. The molecule has 1 spiro atoms. The van der Waals surface area contributed by atoms with Crippen LogP contribution in [0.4, 0.5) is 11.4 Å². The number of nitrogens with zero attached hydrogens (tertiary/aromatic N) is 2. The van der Waals surface area contributed by atoms with Crippen molar-refractivity contribution in [1.82, 2.24) is 0 Å². The van der Waals surface area contributed by atoms with Crippen LogP contribution in [0.3, 0.4) is 0 Å². The standard InChI is InChI=1S/C61H58N2/c1-60(2)52-34-40(24-28-48(52)49-30-26-46(38-53(49)60)62-56-18-8-4-14-42(56)36-43-15-5-9-19-57(43)62)22-23-41-25-29-50-51-31-27-47(39-55(51)61(54(50)35-41)32-12-3-13-33-61)63-58-20-10-6-16-44(58)37-45-17-7-11-21-59(45)63/h4-10,14-20,22-31,34-35,38-39,42,49,51,53,55-56H,3,11-13,21,32-33,36-37H2,1-2H3/b23-22+. The molecule has 4 aromatic carbocycles. The fraction of sp³-hybridized carbons (Fsp3) is 0.311. The number of allylic oxidation sites excluding steroid dienone is 12. The molecule has 0 N–H and O–H groups in total.